The summed E-state index contributed by atoms with van der Waals surface area (Å²) in [5.41, 5.74) is 1.77. The maximum Gasteiger partial charge on any atom is 0.241 e. The summed E-state index contributed by atoms with van der Waals surface area (Å²) in [5.74, 6) is 0.00301. The monoisotopic (exact) mass is 274 g/mol. The number of benzene rings is 1. The second-order valence-corrected chi connectivity index (χ2v) is 4.53. The number of amides is 1. The van der Waals surface area contributed by atoms with Gasteiger partial charge in [-0.25, -0.2) is 0 Å². The Morgan fingerprint density at radius 2 is 2.29 bits per heavy atom. The molecule has 0 unspecified atom stereocenters. The first-order valence-electron chi connectivity index (χ1n) is 5.47. The molecule has 17 heavy (non-hydrogen) atoms. The lowest BCUT2D eigenvalue weighted by molar-refractivity contribution is -0.117. The Balaban J connectivity index is 0.00000144. The van der Waals surface area contributed by atoms with Crippen molar-refractivity contribution in [3.05, 3.63) is 28.8 Å². The Morgan fingerprint density at radius 1 is 1.53 bits per heavy atom. The normalized spacial score (nSPS) is 18.6. The number of carbonyl (C=O) groups excluding carboxylic acids is 1. The quantitative estimate of drug-likeness (QED) is 0.871. The lowest BCUT2D eigenvalue weighted by atomic mass is 10.2. The molecule has 1 aromatic rings. The molecule has 0 bridgehead atoms. The van der Waals surface area contributed by atoms with E-state index in [1.807, 2.05) is 25.1 Å². The summed E-state index contributed by atoms with van der Waals surface area (Å²) >= 11 is 6.05. The highest BCUT2D eigenvalue weighted by Gasteiger charge is 2.22. The van der Waals surface area contributed by atoms with Crippen LogP contribution >= 0.6 is 24.0 Å². The molecule has 1 fully saturated rings. The van der Waals surface area contributed by atoms with Crippen molar-refractivity contribution in [1.82, 2.24) is 5.32 Å². The van der Waals surface area contributed by atoms with E-state index in [4.69, 9.17) is 11.6 Å². The number of carbonyl (C=O) groups is 1. The molecule has 1 heterocycles. The highest BCUT2D eigenvalue weighted by Crippen LogP contribution is 2.23. The van der Waals surface area contributed by atoms with Crippen molar-refractivity contribution in [2.75, 3.05) is 11.9 Å². The molecule has 94 valence electrons. The van der Waals surface area contributed by atoms with Gasteiger partial charge in [0.2, 0.25) is 5.91 Å². The predicted molar refractivity (Wildman–Crippen MR) is 73.1 cm³/mol. The lowest BCUT2D eigenvalue weighted by Gasteiger charge is -2.12. The van der Waals surface area contributed by atoms with Crippen LogP contribution in [0.2, 0.25) is 5.02 Å². The minimum Gasteiger partial charge on any atom is -0.323 e. The number of hydrogen-bond acceptors (Lipinski definition) is 2. The maximum atomic E-state index is 11.8. The summed E-state index contributed by atoms with van der Waals surface area (Å²) in [6, 6.07) is 5.55. The Hall–Kier alpha value is -0.770. The Bertz CT molecular complexity index is 403. The van der Waals surface area contributed by atoms with E-state index in [1.165, 1.54) is 0 Å². The van der Waals surface area contributed by atoms with E-state index in [-0.39, 0.29) is 24.4 Å². The zero-order chi connectivity index (χ0) is 11.5. The Morgan fingerprint density at radius 3 is 2.88 bits per heavy atom. The molecule has 1 saturated heterocycles. The number of aryl methyl sites for hydroxylation is 1. The van der Waals surface area contributed by atoms with Crippen LogP contribution in [0.25, 0.3) is 0 Å². The van der Waals surface area contributed by atoms with Gasteiger partial charge in [-0.3, -0.25) is 4.79 Å². The predicted octanol–water partition coefficient (Wildman–Crippen LogP) is 2.76. The number of nitrogens with one attached hydrogen (secondary N) is 2. The van der Waals surface area contributed by atoms with Gasteiger partial charge in [0.25, 0.3) is 0 Å². The van der Waals surface area contributed by atoms with Crippen molar-refractivity contribution >= 4 is 35.6 Å². The molecular formula is C12H16Cl2N2O. The fourth-order valence-corrected chi connectivity index (χ4v) is 2.13. The van der Waals surface area contributed by atoms with E-state index in [2.05, 4.69) is 10.6 Å². The van der Waals surface area contributed by atoms with Gasteiger partial charge in [0.1, 0.15) is 0 Å². The van der Waals surface area contributed by atoms with Gasteiger partial charge >= 0.3 is 0 Å². The first kappa shape index (κ1) is 14.3. The van der Waals surface area contributed by atoms with E-state index in [0.29, 0.717) is 10.7 Å². The van der Waals surface area contributed by atoms with Gasteiger partial charge in [-0.15, -0.1) is 12.4 Å². The van der Waals surface area contributed by atoms with Gasteiger partial charge in [-0.2, -0.15) is 0 Å². The second kappa shape index (κ2) is 6.24. The average Bonchev–Trinajstić information content (AvgIpc) is 2.75. The Labute approximate surface area is 112 Å². The van der Waals surface area contributed by atoms with Gasteiger partial charge in [-0.05, 0) is 44.0 Å². The third-order valence-electron chi connectivity index (χ3n) is 2.76. The standard InChI is InChI=1S/C12H15ClN2O.ClH/c1-8-4-5-10(9(13)7-8)15-12(16)11-3-2-6-14-11;/h4-5,7,11,14H,2-3,6H2,1H3,(H,15,16);1H/t11-;/m0./s1. The first-order chi connectivity index (χ1) is 7.66. The van der Waals surface area contributed by atoms with Crippen LogP contribution in [0, 0.1) is 6.92 Å². The molecule has 0 radical (unpaired) electrons. The fraction of sp³-hybridized carbons (Fsp3) is 0.417. The second-order valence-electron chi connectivity index (χ2n) is 4.12. The average molecular weight is 275 g/mol. The van der Waals surface area contributed by atoms with E-state index in [9.17, 15) is 4.79 Å². The van der Waals surface area contributed by atoms with Gasteiger partial charge in [0.05, 0.1) is 16.8 Å². The molecule has 3 nitrogen and oxygen atoms in total. The smallest absolute Gasteiger partial charge is 0.241 e. The van der Waals surface area contributed by atoms with Crippen LogP contribution in [-0.2, 0) is 4.79 Å². The zero-order valence-electron chi connectivity index (χ0n) is 9.63. The van der Waals surface area contributed by atoms with E-state index >= 15 is 0 Å². The number of hydrogen-bond donors (Lipinski definition) is 2. The molecule has 0 spiro atoms. The lowest BCUT2D eigenvalue weighted by Crippen LogP contribution is -2.35. The highest BCUT2D eigenvalue weighted by atomic mass is 35.5. The van der Waals surface area contributed by atoms with Crippen molar-refractivity contribution in [1.29, 1.82) is 0 Å². The molecule has 1 atom stereocenters. The van der Waals surface area contributed by atoms with Crippen LogP contribution in [0.4, 0.5) is 5.69 Å². The summed E-state index contributed by atoms with van der Waals surface area (Å²) in [6.07, 6.45) is 1.95. The van der Waals surface area contributed by atoms with Gasteiger partial charge in [-0.1, -0.05) is 17.7 Å². The van der Waals surface area contributed by atoms with Crippen LogP contribution in [0.1, 0.15) is 18.4 Å². The maximum absolute atomic E-state index is 11.8. The number of halogens is 2. The zero-order valence-corrected chi connectivity index (χ0v) is 11.2. The molecule has 1 aliphatic rings. The number of anilines is 1. The Kier molecular flexibility index (Phi) is 5.25. The summed E-state index contributed by atoms with van der Waals surface area (Å²) in [4.78, 5) is 11.8. The van der Waals surface area contributed by atoms with Gasteiger partial charge in [0.15, 0.2) is 0 Å². The summed E-state index contributed by atoms with van der Waals surface area (Å²) in [6.45, 7) is 2.88. The van der Waals surface area contributed by atoms with Crippen molar-refractivity contribution < 1.29 is 4.79 Å². The van der Waals surface area contributed by atoms with Crippen LogP contribution in [-0.4, -0.2) is 18.5 Å². The molecule has 1 aliphatic heterocycles. The summed E-state index contributed by atoms with van der Waals surface area (Å²) in [5, 5.41) is 6.59. The van der Waals surface area contributed by atoms with Crippen molar-refractivity contribution in [2.45, 2.75) is 25.8 Å². The fourth-order valence-electron chi connectivity index (χ4n) is 1.85. The van der Waals surface area contributed by atoms with E-state index in [0.717, 1.165) is 24.9 Å². The molecular weight excluding hydrogens is 259 g/mol. The van der Waals surface area contributed by atoms with Crippen LogP contribution < -0.4 is 10.6 Å². The molecule has 5 heteroatoms. The van der Waals surface area contributed by atoms with Crippen molar-refractivity contribution in [3.63, 3.8) is 0 Å². The molecule has 0 aliphatic carbocycles. The summed E-state index contributed by atoms with van der Waals surface area (Å²) in [7, 11) is 0. The molecule has 0 aromatic heterocycles. The molecule has 0 saturated carbocycles. The van der Waals surface area contributed by atoms with Crippen LogP contribution in [0.15, 0.2) is 18.2 Å². The van der Waals surface area contributed by atoms with Crippen molar-refractivity contribution in [2.24, 2.45) is 0 Å². The molecule has 1 amide bonds. The summed E-state index contributed by atoms with van der Waals surface area (Å²) < 4.78 is 0. The van der Waals surface area contributed by atoms with Gasteiger partial charge < -0.3 is 10.6 Å². The molecule has 1 aromatic carbocycles. The van der Waals surface area contributed by atoms with E-state index < -0.39 is 0 Å². The van der Waals surface area contributed by atoms with Crippen LogP contribution in [0.3, 0.4) is 0 Å². The highest BCUT2D eigenvalue weighted by molar-refractivity contribution is 6.33. The largest absolute Gasteiger partial charge is 0.323 e. The molecule has 2 N–H and O–H groups in total. The minimum absolute atomic E-state index is 0. The third kappa shape index (κ3) is 3.60. The topological polar surface area (TPSA) is 41.1 Å². The number of rotatable bonds is 2. The van der Waals surface area contributed by atoms with Crippen molar-refractivity contribution in [3.8, 4) is 0 Å². The first-order valence-corrected chi connectivity index (χ1v) is 5.85. The van der Waals surface area contributed by atoms with Crippen LogP contribution in [0.5, 0.6) is 0 Å². The van der Waals surface area contributed by atoms with Gasteiger partial charge in [0, 0.05) is 0 Å². The SMILES string of the molecule is Cc1ccc(NC(=O)[C@@H]2CCCN2)c(Cl)c1.Cl. The van der Waals surface area contributed by atoms with E-state index in [1.54, 1.807) is 0 Å². The molecule has 2 rings (SSSR count). The third-order valence-corrected chi connectivity index (χ3v) is 3.07. The minimum atomic E-state index is -0.0719.